The Morgan fingerprint density at radius 1 is 1.34 bits per heavy atom. The van der Waals surface area contributed by atoms with Crippen molar-refractivity contribution in [2.45, 2.75) is 12.5 Å². The highest BCUT2D eigenvalue weighted by atomic mass is 32.1. The smallest absolute Gasteiger partial charge is 0.165 e. The van der Waals surface area contributed by atoms with Gasteiger partial charge in [0, 0.05) is 18.3 Å². The summed E-state index contributed by atoms with van der Waals surface area (Å²) in [5, 5.41) is 11.9. The van der Waals surface area contributed by atoms with Gasteiger partial charge in [-0.1, -0.05) is 19.2 Å². The molecule has 0 amide bonds. The molecule has 0 radical (unpaired) electrons. The van der Waals surface area contributed by atoms with Gasteiger partial charge in [-0.05, 0) is 42.6 Å². The number of nitrogens with zero attached hydrogens (tertiary/aromatic N) is 3. The van der Waals surface area contributed by atoms with Crippen molar-refractivity contribution in [3.8, 4) is 11.4 Å². The molecule has 0 aliphatic carbocycles. The fourth-order valence-corrected chi connectivity index (χ4v) is 3.95. The highest BCUT2D eigenvalue weighted by Crippen LogP contribution is 2.31. The van der Waals surface area contributed by atoms with Crippen molar-refractivity contribution < 1.29 is 4.39 Å². The van der Waals surface area contributed by atoms with Crippen molar-refractivity contribution in [1.29, 1.82) is 0 Å². The second-order valence-electron chi connectivity index (χ2n) is 6.60. The minimum Gasteiger partial charge on any atom is -0.365 e. The number of nitrogens with one attached hydrogen (secondary N) is 3. The van der Waals surface area contributed by atoms with Gasteiger partial charge in [0.05, 0.1) is 22.0 Å². The van der Waals surface area contributed by atoms with Gasteiger partial charge in [-0.2, -0.15) is 0 Å². The maximum Gasteiger partial charge on any atom is 0.165 e. The second kappa shape index (κ2) is 8.50. The molecule has 0 spiro atoms. The van der Waals surface area contributed by atoms with Crippen LogP contribution in [0.3, 0.4) is 0 Å². The summed E-state index contributed by atoms with van der Waals surface area (Å²) in [5.74, 6) is 1.04. The number of fused-ring (bicyclic) bond motifs is 1. The standard InChI is InChI=1S/C21H21FN6S/c1-3-5-13(4-2)25-18-10-15(16(22)12-24-18)20-27-17-7-9-29-19(17)21(28-20)26-14-6-8-23-11-14/h3-5,7,9-10,12,14,23H,1-2,6,8,11H2,(H,24,25)(H,26,27,28)/b13-5+. The van der Waals surface area contributed by atoms with Crippen molar-refractivity contribution in [3.05, 3.63) is 66.6 Å². The molecule has 4 heterocycles. The Labute approximate surface area is 172 Å². The third-order valence-corrected chi connectivity index (χ3v) is 5.50. The van der Waals surface area contributed by atoms with Gasteiger partial charge in [-0.3, -0.25) is 0 Å². The summed E-state index contributed by atoms with van der Waals surface area (Å²) in [4.78, 5) is 13.3. The van der Waals surface area contributed by atoms with Crippen LogP contribution in [0.4, 0.5) is 16.0 Å². The van der Waals surface area contributed by atoms with Crippen LogP contribution in [-0.4, -0.2) is 34.1 Å². The Bertz CT molecular complexity index is 1080. The Balaban J connectivity index is 1.73. The van der Waals surface area contributed by atoms with Gasteiger partial charge in [0.2, 0.25) is 0 Å². The van der Waals surface area contributed by atoms with Crippen molar-refractivity contribution in [1.82, 2.24) is 20.3 Å². The number of allylic oxidation sites excluding steroid dienone is 3. The van der Waals surface area contributed by atoms with Crippen LogP contribution in [0.1, 0.15) is 6.42 Å². The highest BCUT2D eigenvalue weighted by Gasteiger charge is 2.19. The Kier molecular flexibility index (Phi) is 5.64. The molecule has 29 heavy (non-hydrogen) atoms. The number of halogens is 1. The molecule has 1 unspecified atom stereocenters. The Hall–Kier alpha value is -3.10. The van der Waals surface area contributed by atoms with Gasteiger partial charge in [-0.15, -0.1) is 11.3 Å². The van der Waals surface area contributed by atoms with Crippen LogP contribution in [-0.2, 0) is 0 Å². The molecule has 1 aliphatic heterocycles. The number of hydrogen-bond acceptors (Lipinski definition) is 7. The molecular weight excluding hydrogens is 387 g/mol. The third-order valence-electron chi connectivity index (χ3n) is 4.59. The number of thiophene rings is 1. The fourth-order valence-electron chi connectivity index (χ4n) is 3.17. The number of aromatic nitrogens is 3. The summed E-state index contributed by atoms with van der Waals surface area (Å²) in [6, 6.07) is 3.82. The lowest BCUT2D eigenvalue weighted by atomic mass is 10.2. The summed E-state index contributed by atoms with van der Waals surface area (Å²) in [5.41, 5.74) is 1.78. The molecule has 1 fully saturated rings. The van der Waals surface area contributed by atoms with Crippen LogP contribution in [0.2, 0.25) is 0 Å². The van der Waals surface area contributed by atoms with E-state index in [1.807, 2.05) is 11.4 Å². The maximum atomic E-state index is 14.6. The molecule has 3 N–H and O–H groups in total. The van der Waals surface area contributed by atoms with Crippen LogP contribution in [0.5, 0.6) is 0 Å². The van der Waals surface area contributed by atoms with Gasteiger partial charge < -0.3 is 16.0 Å². The van der Waals surface area contributed by atoms with Crippen LogP contribution in [0.25, 0.3) is 21.6 Å². The van der Waals surface area contributed by atoms with E-state index in [2.05, 4.69) is 44.1 Å². The maximum absolute atomic E-state index is 14.6. The van der Waals surface area contributed by atoms with E-state index in [9.17, 15) is 4.39 Å². The molecule has 1 saturated heterocycles. The van der Waals surface area contributed by atoms with E-state index in [-0.39, 0.29) is 5.56 Å². The molecule has 148 valence electrons. The summed E-state index contributed by atoms with van der Waals surface area (Å²) in [6.45, 7) is 9.27. The lowest BCUT2D eigenvalue weighted by Gasteiger charge is -2.14. The summed E-state index contributed by atoms with van der Waals surface area (Å²) in [7, 11) is 0. The van der Waals surface area contributed by atoms with Gasteiger partial charge in [0.15, 0.2) is 11.6 Å². The van der Waals surface area contributed by atoms with Crippen molar-refractivity contribution in [3.63, 3.8) is 0 Å². The molecule has 0 bridgehead atoms. The normalized spacial score (nSPS) is 16.7. The quantitative estimate of drug-likeness (QED) is 0.505. The van der Waals surface area contributed by atoms with Crippen molar-refractivity contribution in [2.75, 3.05) is 23.7 Å². The van der Waals surface area contributed by atoms with E-state index in [1.165, 1.54) is 6.20 Å². The summed E-state index contributed by atoms with van der Waals surface area (Å²) in [6.07, 6.45) is 7.21. The zero-order valence-corrected chi connectivity index (χ0v) is 16.6. The summed E-state index contributed by atoms with van der Waals surface area (Å²) < 4.78 is 15.6. The molecule has 8 heteroatoms. The molecule has 3 aromatic rings. The highest BCUT2D eigenvalue weighted by molar-refractivity contribution is 7.17. The summed E-state index contributed by atoms with van der Waals surface area (Å²) >= 11 is 1.57. The first-order valence-electron chi connectivity index (χ1n) is 9.28. The molecule has 1 aliphatic rings. The van der Waals surface area contributed by atoms with Gasteiger partial charge in [-0.25, -0.2) is 19.3 Å². The number of pyridine rings is 1. The number of rotatable bonds is 7. The first-order valence-corrected chi connectivity index (χ1v) is 10.2. The van der Waals surface area contributed by atoms with E-state index in [4.69, 9.17) is 0 Å². The van der Waals surface area contributed by atoms with E-state index < -0.39 is 5.82 Å². The number of hydrogen-bond donors (Lipinski definition) is 3. The minimum absolute atomic E-state index is 0.283. The molecule has 6 nitrogen and oxygen atoms in total. The van der Waals surface area contributed by atoms with Crippen molar-refractivity contribution >= 4 is 33.2 Å². The molecule has 0 aromatic carbocycles. The molecule has 4 rings (SSSR count). The lowest BCUT2D eigenvalue weighted by molar-refractivity contribution is 0.624. The van der Waals surface area contributed by atoms with Gasteiger partial charge >= 0.3 is 0 Å². The molecule has 3 aromatic heterocycles. The average molecular weight is 409 g/mol. The largest absolute Gasteiger partial charge is 0.365 e. The monoisotopic (exact) mass is 408 g/mol. The third kappa shape index (κ3) is 4.18. The van der Waals surface area contributed by atoms with Crippen LogP contribution in [0.15, 0.2) is 60.8 Å². The first-order chi connectivity index (χ1) is 14.2. The minimum atomic E-state index is -0.480. The van der Waals surface area contributed by atoms with Crippen LogP contribution < -0.4 is 16.0 Å². The predicted octanol–water partition coefficient (Wildman–Crippen LogP) is 4.33. The zero-order valence-electron chi connectivity index (χ0n) is 15.8. The van der Waals surface area contributed by atoms with Crippen molar-refractivity contribution in [2.24, 2.45) is 0 Å². The van der Waals surface area contributed by atoms with E-state index >= 15 is 0 Å². The molecular formula is C21H21FN6S. The van der Waals surface area contributed by atoms with Gasteiger partial charge in [0.25, 0.3) is 0 Å². The average Bonchev–Trinajstić information content (AvgIpc) is 3.40. The first kappa shape index (κ1) is 19.2. The lowest BCUT2D eigenvalue weighted by Crippen LogP contribution is -2.23. The zero-order chi connectivity index (χ0) is 20.2. The van der Waals surface area contributed by atoms with E-state index in [0.29, 0.717) is 23.4 Å². The Morgan fingerprint density at radius 3 is 3.00 bits per heavy atom. The van der Waals surface area contributed by atoms with Crippen LogP contribution >= 0.6 is 11.3 Å². The second-order valence-corrected chi connectivity index (χ2v) is 7.52. The SMILES string of the molecule is C=C/C=C(\C=C)Nc1cc(-c2nc(NC3CCNC3)c3sccc3n2)c(F)cn1. The predicted molar refractivity (Wildman–Crippen MR) is 118 cm³/mol. The fraction of sp³-hybridized carbons (Fsp3) is 0.190. The molecule has 0 saturated carbocycles. The molecule has 1 atom stereocenters. The van der Waals surface area contributed by atoms with Crippen LogP contribution in [0, 0.1) is 5.82 Å². The Morgan fingerprint density at radius 2 is 2.24 bits per heavy atom. The van der Waals surface area contributed by atoms with E-state index in [1.54, 1.807) is 35.6 Å². The number of anilines is 2. The van der Waals surface area contributed by atoms with E-state index in [0.717, 1.165) is 35.5 Å². The van der Waals surface area contributed by atoms with Gasteiger partial charge in [0.1, 0.15) is 11.6 Å². The topological polar surface area (TPSA) is 74.8 Å².